The summed E-state index contributed by atoms with van der Waals surface area (Å²) in [7, 11) is 0. The minimum absolute atomic E-state index is 0.0196. The minimum atomic E-state index is -0.625. The van der Waals surface area contributed by atoms with Crippen LogP contribution in [0, 0.1) is 0 Å². The molecule has 3 rings (SSSR count). The zero-order valence-electron chi connectivity index (χ0n) is 13.6. The van der Waals surface area contributed by atoms with Crippen molar-refractivity contribution >= 4 is 23.9 Å². The molecule has 124 valence electrons. The number of amides is 4. The Labute approximate surface area is 141 Å². The minimum Gasteiger partial charge on any atom is -0.273 e. The van der Waals surface area contributed by atoms with Crippen molar-refractivity contribution in [2.24, 2.45) is 0 Å². The van der Waals surface area contributed by atoms with Gasteiger partial charge < -0.3 is 0 Å². The highest BCUT2D eigenvalue weighted by molar-refractivity contribution is 6.29. The Balaban J connectivity index is 1.87. The van der Waals surface area contributed by atoms with Crippen molar-refractivity contribution in [3.05, 3.63) is 53.1 Å². The first kappa shape index (κ1) is 16.2. The summed E-state index contributed by atoms with van der Waals surface area (Å²) < 4.78 is 0. The molecule has 24 heavy (non-hydrogen) atoms. The smallest absolute Gasteiger partial charge is 0.273 e. The summed E-state index contributed by atoms with van der Waals surface area (Å²) in [6.45, 7) is 1.83. The normalized spacial score (nSPS) is 21.5. The molecule has 0 aromatic heterocycles. The molecule has 1 aromatic carbocycles. The monoisotopic (exact) mass is 324 g/mol. The number of nitrogens with one attached hydrogen (secondary N) is 1. The number of rotatable bonds is 3. The molecule has 1 saturated heterocycles. The molecule has 0 bridgehead atoms. The number of carbonyl (C=O) groups is 3. The van der Waals surface area contributed by atoms with Gasteiger partial charge in [0.2, 0.25) is 0 Å². The van der Waals surface area contributed by atoms with Crippen molar-refractivity contribution in [1.82, 2.24) is 10.2 Å². The standard InChI is InChI=1S/C19H20N2O3/c1-13(11-14-7-3-2-4-8-14)12-16-17(22)20-19(24)21(18(16)23)15-9-5-6-10-15/h2-4,7-8,11-12,15H,5-6,9-10H2,1H3,(H,20,22,24)/b13-11+,16-12-. The SMILES string of the molecule is CC(/C=C1/C(=O)NC(=O)N(C2CCCC2)C1=O)=C\c1ccccc1. The topological polar surface area (TPSA) is 66.5 Å². The van der Waals surface area contributed by atoms with E-state index in [-0.39, 0.29) is 11.6 Å². The molecule has 2 fully saturated rings. The fourth-order valence-electron chi connectivity index (χ4n) is 3.25. The summed E-state index contributed by atoms with van der Waals surface area (Å²) in [4.78, 5) is 38.0. The van der Waals surface area contributed by atoms with E-state index in [0.717, 1.165) is 36.8 Å². The van der Waals surface area contributed by atoms with Gasteiger partial charge in [-0.05, 0) is 37.0 Å². The molecule has 1 aliphatic carbocycles. The Kier molecular flexibility index (Phi) is 4.60. The van der Waals surface area contributed by atoms with Gasteiger partial charge in [0.05, 0.1) is 0 Å². The Morgan fingerprint density at radius 3 is 2.46 bits per heavy atom. The van der Waals surface area contributed by atoms with Gasteiger partial charge >= 0.3 is 6.03 Å². The maximum Gasteiger partial charge on any atom is 0.331 e. The van der Waals surface area contributed by atoms with Crippen molar-refractivity contribution in [1.29, 1.82) is 0 Å². The van der Waals surface area contributed by atoms with Crippen LogP contribution in [0.3, 0.4) is 0 Å². The molecule has 5 heteroatoms. The van der Waals surface area contributed by atoms with E-state index in [1.165, 1.54) is 4.90 Å². The van der Waals surface area contributed by atoms with E-state index in [1.54, 1.807) is 6.08 Å². The van der Waals surface area contributed by atoms with Crippen molar-refractivity contribution in [3.8, 4) is 0 Å². The Bertz CT molecular complexity index is 728. The average Bonchev–Trinajstić information content (AvgIpc) is 3.06. The molecule has 1 saturated carbocycles. The Morgan fingerprint density at radius 2 is 1.79 bits per heavy atom. The van der Waals surface area contributed by atoms with Crippen molar-refractivity contribution in [2.45, 2.75) is 38.6 Å². The van der Waals surface area contributed by atoms with Gasteiger partial charge in [0.25, 0.3) is 11.8 Å². The van der Waals surface area contributed by atoms with Crippen molar-refractivity contribution < 1.29 is 14.4 Å². The summed E-state index contributed by atoms with van der Waals surface area (Å²) in [5.41, 5.74) is 1.78. The summed E-state index contributed by atoms with van der Waals surface area (Å²) in [6, 6.07) is 8.95. The summed E-state index contributed by atoms with van der Waals surface area (Å²) >= 11 is 0. The largest absolute Gasteiger partial charge is 0.331 e. The molecule has 1 aliphatic heterocycles. The number of carbonyl (C=O) groups excluding carboxylic acids is 3. The van der Waals surface area contributed by atoms with Crippen molar-refractivity contribution in [2.75, 3.05) is 0 Å². The van der Waals surface area contributed by atoms with E-state index in [0.29, 0.717) is 0 Å². The van der Waals surface area contributed by atoms with Crippen LogP contribution in [0.25, 0.3) is 6.08 Å². The third kappa shape index (κ3) is 3.30. The van der Waals surface area contributed by atoms with Gasteiger partial charge in [-0.15, -0.1) is 0 Å². The molecule has 1 heterocycles. The van der Waals surface area contributed by atoms with Crippen LogP contribution in [0.5, 0.6) is 0 Å². The highest BCUT2D eigenvalue weighted by Crippen LogP contribution is 2.27. The number of hydrogen-bond donors (Lipinski definition) is 1. The molecular formula is C19H20N2O3. The number of benzene rings is 1. The first-order chi connectivity index (χ1) is 11.6. The number of barbiturate groups is 1. The highest BCUT2D eigenvalue weighted by Gasteiger charge is 2.40. The van der Waals surface area contributed by atoms with E-state index in [9.17, 15) is 14.4 Å². The van der Waals surface area contributed by atoms with Gasteiger partial charge in [0.1, 0.15) is 5.57 Å². The molecular weight excluding hydrogens is 304 g/mol. The molecule has 0 unspecified atom stereocenters. The van der Waals surface area contributed by atoms with E-state index in [1.807, 2.05) is 43.3 Å². The number of nitrogens with zero attached hydrogens (tertiary/aromatic N) is 1. The molecule has 1 N–H and O–H groups in total. The van der Waals surface area contributed by atoms with Crippen LogP contribution in [0.15, 0.2) is 47.6 Å². The van der Waals surface area contributed by atoms with Gasteiger partial charge in [0, 0.05) is 6.04 Å². The van der Waals surface area contributed by atoms with Crippen LogP contribution < -0.4 is 5.32 Å². The lowest BCUT2D eigenvalue weighted by molar-refractivity contribution is -0.131. The number of urea groups is 1. The van der Waals surface area contributed by atoms with Crippen LogP contribution in [0.4, 0.5) is 4.79 Å². The zero-order valence-corrected chi connectivity index (χ0v) is 13.6. The summed E-state index contributed by atoms with van der Waals surface area (Å²) in [5, 5.41) is 2.29. The molecule has 2 aliphatic rings. The van der Waals surface area contributed by atoms with Gasteiger partial charge in [-0.25, -0.2) is 4.79 Å². The first-order valence-corrected chi connectivity index (χ1v) is 8.20. The Morgan fingerprint density at radius 1 is 1.12 bits per heavy atom. The predicted octanol–water partition coefficient (Wildman–Crippen LogP) is 3.04. The molecule has 5 nitrogen and oxygen atoms in total. The molecule has 0 spiro atoms. The molecule has 0 atom stereocenters. The van der Waals surface area contributed by atoms with E-state index >= 15 is 0 Å². The van der Waals surface area contributed by atoms with Gasteiger partial charge in [0.15, 0.2) is 0 Å². The fourth-order valence-corrected chi connectivity index (χ4v) is 3.25. The van der Waals surface area contributed by atoms with Crippen molar-refractivity contribution in [3.63, 3.8) is 0 Å². The Hall–Kier alpha value is -2.69. The van der Waals surface area contributed by atoms with Crippen LogP contribution in [-0.4, -0.2) is 28.8 Å². The fraction of sp³-hybridized carbons (Fsp3) is 0.316. The second-order valence-electron chi connectivity index (χ2n) is 6.23. The molecule has 1 aromatic rings. The third-order valence-electron chi connectivity index (χ3n) is 4.39. The lowest BCUT2D eigenvalue weighted by atomic mass is 10.0. The first-order valence-electron chi connectivity index (χ1n) is 8.20. The van der Waals surface area contributed by atoms with Crippen LogP contribution in [-0.2, 0) is 9.59 Å². The van der Waals surface area contributed by atoms with Crippen LogP contribution >= 0.6 is 0 Å². The quantitative estimate of drug-likeness (QED) is 0.686. The van der Waals surface area contributed by atoms with Crippen LogP contribution in [0.1, 0.15) is 38.2 Å². The third-order valence-corrected chi connectivity index (χ3v) is 4.39. The molecule has 4 amide bonds. The van der Waals surface area contributed by atoms with Crippen LogP contribution in [0.2, 0.25) is 0 Å². The molecule has 0 radical (unpaired) electrons. The highest BCUT2D eigenvalue weighted by atomic mass is 16.2. The number of allylic oxidation sites excluding steroid dienone is 2. The summed E-state index contributed by atoms with van der Waals surface area (Å²) in [5.74, 6) is -1.11. The van der Waals surface area contributed by atoms with E-state index < -0.39 is 17.8 Å². The second-order valence-corrected chi connectivity index (χ2v) is 6.23. The average molecular weight is 324 g/mol. The van der Waals surface area contributed by atoms with Gasteiger partial charge in [-0.3, -0.25) is 19.8 Å². The predicted molar refractivity (Wildman–Crippen MR) is 90.8 cm³/mol. The number of imide groups is 2. The lowest BCUT2D eigenvalue weighted by Crippen LogP contribution is -2.57. The summed E-state index contributed by atoms with van der Waals surface area (Å²) in [6.07, 6.45) is 7.06. The lowest BCUT2D eigenvalue weighted by Gasteiger charge is -2.31. The zero-order chi connectivity index (χ0) is 17.1. The van der Waals surface area contributed by atoms with E-state index in [4.69, 9.17) is 0 Å². The maximum atomic E-state index is 12.7. The van der Waals surface area contributed by atoms with Gasteiger partial charge in [-0.1, -0.05) is 49.2 Å². The van der Waals surface area contributed by atoms with Gasteiger partial charge in [-0.2, -0.15) is 0 Å². The van der Waals surface area contributed by atoms with E-state index in [2.05, 4.69) is 5.32 Å². The maximum absolute atomic E-state index is 12.7. The second kappa shape index (κ2) is 6.83. The number of hydrogen-bond acceptors (Lipinski definition) is 3.